The second-order valence-corrected chi connectivity index (χ2v) is 3.95. The molecule has 0 atom stereocenters. The molecule has 4 nitrogen and oxygen atoms in total. The molecule has 0 unspecified atom stereocenters. The minimum Gasteiger partial charge on any atom is -0.494 e. The molecule has 0 radical (unpaired) electrons. The fraction of sp³-hybridized carbons (Fsp3) is 0.357. The molecular weight excluding hydrogens is 226 g/mol. The Labute approximate surface area is 108 Å². The monoisotopic (exact) mass is 245 g/mol. The number of ether oxygens (including phenoxy) is 1. The molecular formula is C14H19N3O. The molecule has 0 aliphatic carbocycles. The smallest absolute Gasteiger partial charge is 0.148 e. The lowest BCUT2D eigenvalue weighted by atomic mass is 10.2. The van der Waals surface area contributed by atoms with Gasteiger partial charge >= 0.3 is 0 Å². The molecule has 0 saturated heterocycles. The number of nitrogens with one attached hydrogen (secondary N) is 1. The summed E-state index contributed by atoms with van der Waals surface area (Å²) in [5, 5.41) is 7.69. The molecule has 0 aliphatic rings. The molecule has 1 aromatic carbocycles. The highest BCUT2D eigenvalue weighted by Gasteiger charge is 2.03. The summed E-state index contributed by atoms with van der Waals surface area (Å²) in [6.45, 7) is 6.35. The molecule has 0 saturated carbocycles. The van der Waals surface area contributed by atoms with Gasteiger partial charge in [0, 0.05) is 30.9 Å². The van der Waals surface area contributed by atoms with Gasteiger partial charge in [-0.15, -0.1) is 0 Å². The lowest BCUT2D eigenvalue weighted by molar-refractivity contribution is 0.337. The van der Waals surface area contributed by atoms with E-state index in [0.29, 0.717) is 6.61 Å². The normalized spacial score (nSPS) is 10.3. The molecule has 4 heteroatoms. The van der Waals surface area contributed by atoms with Gasteiger partial charge in [-0.2, -0.15) is 5.10 Å². The van der Waals surface area contributed by atoms with Gasteiger partial charge in [0.2, 0.25) is 0 Å². The van der Waals surface area contributed by atoms with Crippen molar-refractivity contribution in [3.05, 3.63) is 42.1 Å². The van der Waals surface area contributed by atoms with Crippen LogP contribution in [0.5, 0.6) is 5.75 Å². The van der Waals surface area contributed by atoms with Gasteiger partial charge in [-0.25, -0.2) is 0 Å². The number of aryl methyl sites for hydroxylation is 1. The van der Waals surface area contributed by atoms with Crippen LogP contribution in [0, 0.1) is 0 Å². The number of hydrogen-bond donors (Lipinski definition) is 1. The van der Waals surface area contributed by atoms with Crippen molar-refractivity contribution in [2.45, 2.75) is 26.9 Å². The zero-order valence-electron chi connectivity index (χ0n) is 10.9. The summed E-state index contributed by atoms with van der Waals surface area (Å²) < 4.78 is 7.49. The highest BCUT2D eigenvalue weighted by atomic mass is 16.5. The number of rotatable bonds is 6. The third-order valence-electron chi connectivity index (χ3n) is 2.70. The van der Waals surface area contributed by atoms with Crippen LogP contribution in [-0.4, -0.2) is 16.4 Å². The second-order valence-electron chi connectivity index (χ2n) is 3.95. The average Bonchev–Trinajstić information content (AvgIpc) is 2.86. The van der Waals surface area contributed by atoms with Crippen LogP contribution in [0.4, 0.5) is 5.82 Å². The summed E-state index contributed by atoms with van der Waals surface area (Å²) in [4.78, 5) is 0. The fourth-order valence-electron chi connectivity index (χ4n) is 1.76. The third-order valence-corrected chi connectivity index (χ3v) is 2.70. The van der Waals surface area contributed by atoms with Crippen LogP contribution in [0.25, 0.3) is 0 Å². The lowest BCUT2D eigenvalue weighted by Crippen LogP contribution is -2.04. The van der Waals surface area contributed by atoms with Crippen molar-refractivity contribution < 1.29 is 4.74 Å². The third kappa shape index (κ3) is 3.03. The first-order valence-electron chi connectivity index (χ1n) is 6.31. The van der Waals surface area contributed by atoms with Gasteiger partial charge in [-0.3, -0.25) is 4.68 Å². The molecule has 0 bridgehead atoms. The molecule has 1 aromatic heterocycles. The van der Waals surface area contributed by atoms with E-state index in [2.05, 4.69) is 23.4 Å². The Balaban J connectivity index is 2.01. The summed E-state index contributed by atoms with van der Waals surface area (Å²) in [6, 6.07) is 10.0. The van der Waals surface area contributed by atoms with Crippen molar-refractivity contribution in [2.75, 3.05) is 11.9 Å². The van der Waals surface area contributed by atoms with E-state index in [1.807, 2.05) is 42.1 Å². The van der Waals surface area contributed by atoms with Crippen LogP contribution < -0.4 is 10.1 Å². The van der Waals surface area contributed by atoms with Crippen molar-refractivity contribution >= 4 is 5.82 Å². The van der Waals surface area contributed by atoms with Crippen LogP contribution in [0.1, 0.15) is 19.4 Å². The molecule has 2 rings (SSSR count). The van der Waals surface area contributed by atoms with Crippen LogP contribution in [0.3, 0.4) is 0 Å². The predicted octanol–water partition coefficient (Wildman–Crippen LogP) is 2.91. The van der Waals surface area contributed by atoms with E-state index in [1.54, 1.807) is 0 Å². The van der Waals surface area contributed by atoms with E-state index < -0.39 is 0 Å². The van der Waals surface area contributed by atoms with E-state index >= 15 is 0 Å². The quantitative estimate of drug-likeness (QED) is 0.850. The minimum atomic E-state index is 0.682. The highest BCUT2D eigenvalue weighted by molar-refractivity contribution is 5.39. The first-order valence-corrected chi connectivity index (χ1v) is 6.31. The van der Waals surface area contributed by atoms with Crippen molar-refractivity contribution in [3.63, 3.8) is 0 Å². The van der Waals surface area contributed by atoms with Gasteiger partial charge in [0.05, 0.1) is 6.61 Å². The summed E-state index contributed by atoms with van der Waals surface area (Å²) >= 11 is 0. The summed E-state index contributed by atoms with van der Waals surface area (Å²) in [6.07, 6.45) is 1.97. The molecule has 0 aliphatic heterocycles. The van der Waals surface area contributed by atoms with Gasteiger partial charge < -0.3 is 10.1 Å². The fourth-order valence-corrected chi connectivity index (χ4v) is 1.76. The number of benzene rings is 1. The Bertz CT molecular complexity index is 493. The van der Waals surface area contributed by atoms with Gasteiger partial charge in [-0.05, 0) is 19.9 Å². The number of hydrogen-bond acceptors (Lipinski definition) is 3. The van der Waals surface area contributed by atoms with E-state index in [4.69, 9.17) is 4.74 Å². The Kier molecular flexibility index (Phi) is 4.23. The first kappa shape index (κ1) is 12.5. The van der Waals surface area contributed by atoms with Gasteiger partial charge in [-0.1, -0.05) is 18.2 Å². The summed E-state index contributed by atoms with van der Waals surface area (Å²) in [7, 11) is 0. The van der Waals surface area contributed by atoms with Crippen LogP contribution in [0.2, 0.25) is 0 Å². The first-order chi connectivity index (χ1) is 8.83. The Morgan fingerprint density at radius 3 is 2.78 bits per heavy atom. The van der Waals surface area contributed by atoms with Crippen molar-refractivity contribution in [3.8, 4) is 5.75 Å². The van der Waals surface area contributed by atoms with Gasteiger partial charge in [0.15, 0.2) is 0 Å². The van der Waals surface area contributed by atoms with Crippen molar-refractivity contribution in [1.82, 2.24) is 9.78 Å². The van der Waals surface area contributed by atoms with Crippen LogP contribution in [0.15, 0.2) is 36.5 Å². The highest BCUT2D eigenvalue weighted by Crippen LogP contribution is 2.19. The van der Waals surface area contributed by atoms with Crippen molar-refractivity contribution in [2.24, 2.45) is 0 Å². The molecule has 0 spiro atoms. The lowest BCUT2D eigenvalue weighted by Gasteiger charge is -2.10. The number of anilines is 1. The number of nitrogens with zero attached hydrogens (tertiary/aromatic N) is 2. The summed E-state index contributed by atoms with van der Waals surface area (Å²) in [5.41, 5.74) is 1.14. The molecule has 2 aromatic rings. The maximum Gasteiger partial charge on any atom is 0.148 e. The molecule has 96 valence electrons. The topological polar surface area (TPSA) is 39.1 Å². The predicted molar refractivity (Wildman–Crippen MR) is 72.8 cm³/mol. The molecule has 0 amide bonds. The Hall–Kier alpha value is -1.97. The standard InChI is InChI=1S/C14H19N3O/c1-3-17-10-9-14(16-17)15-11-12-7-5-6-8-13(12)18-4-2/h5-10H,3-4,11H2,1-2H3,(H,15,16). The summed E-state index contributed by atoms with van der Waals surface area (Å²) in [5.74, 6) is 1.82. The number of para-hydroxylation sites is 1. The second kappa shape index (κ2) is 6.10. The van der Waals surface area contributed by atoms with Gasteiger partial charge in [0.25, 0.3) is 0 Å². The SMILES string of the molecule is CCOc1ccccc1CNc1ccn(CC)n1. The largest absolute Gasteiger partial charge is 0.494 e. The average molecular weight is 245 g/mol. The Morgan fingerprint density at radius 2 is 2.06 bits per heavy atom. The van der Waals surface area contributed by atoms with E-state index in [-0.39, 0.29) is 0 Å². The zero-order chi connectivity index (χ0) is 12.8. The Morgan fingerprint density at radius 1 is 1.22 bits per heavy atom. The molecule has 0 fully saturated rings. The minimum absolute atomic E-state index is 0.682. The van der Waals surface area contributed by atoms with E-state index in [1.165, 1.54) is 0 Å². The van der Waals surface area contributed by atoms with E-state index in [9.17, 15) is 0 Å². The van der Waals surface area contributed by atoms with E-state index in [0.717, 1.165) is 30.2 Å². The van der Waals surface area contributed by atoms with Crippen molar-refractivity contribution in [1.29, 1.82) is 0 Å². The maximum absolute atomic E-state index is 5.59. The molecule has 18 heavy (non-hydrogen) atoms. The molecule has 1 heterocycles. The maximum atomic E-state index is 5.59. The van der Waals surface area contributed by atoms with Crippen LogP contribution in [-0.2, 0) is 13.1 Å². The van der Waals surface area contributed by atoms with Crippen LogP contribution >= 0.6 is 0 Å². The van der Waals surface area contributed by atoms with Gasteiger partial charge in [0.1, 0.15) is 11.6 Å². The zero-order valence-corrected chi connectivity index (χ0v) is 10.9. The molecule has 1 N–H and O–H groups in total. The number of aromatic nitrogens is 2.